The Labute approximate surface area is 332 Å². The smallest absolute Gasteiger partial charge is 0.299 e. The lowest BCUT2D eigenvalue weighted by Crippen LogP contribution is -2.40. The van der Waals surface area contributed by atoms with E-state index < -0.39 is 5.41 Å². The van der Waals surface area contributed by atoms with Gasteiger partial charge in [-0.25, -0.2) is 15.0 Å². The standard InChI is InChI=1S/C51H30N4O3/c56-50-46-37(27-28-57-46)36-19-12-21-39-45(36)55(50)42-22-11-10-20-38(42)51(39)40-29-34(31-13-4-1-5-14-31)23-25-43(40)58-44-26-24-35(30-41(44)51)49-53-47(32-15-6-2-7-16-32)52-48(54-49)33-17-8-3-9-18-33/h1-30H. The van der Waals surface area contributed by atoms with Crippen LogP contribution in [0.15, 0.2) is 191 Å². The molecule has 10 aromatic rings. The van der Waals surface area contributed by atoms with E-state index in [4.69, 9.17) is 24.1 Å². The highest BCUT2D eigenvalue weighted by atomic mass is 16.5. The molecule has 2 aliphatic heterocycles. The first-order valence-electron chi connectivity index (χ1n) is 19.2. The third-order valence-electron chi connectivity index (χ3n) is 11.6. The summed E-state index contributed by atoms with van der Waals surface area (Å²) >= 11 is 0. The van der Waals surface area contributed by atoms with Crippen LogP contribution >= 0.6 is 0 Å². The van der Waals surface area contributed by atoms with Crippen molar-refractivity contribution in [1.29, 1.82) is 0 Å². The van der Waals surface area contributed by atoms with Crippen molar-refractivity contribution >= 4 is 21.9 Å². The second kappa shape index (κ2) is 12.3. The number of nitrogens with zero attached hydrogens (tertiary/aromatic N) is 4. The maximum absolute atomic E-state index is 14.5. The van der Waals surface area contributed by atoms with Crippen molar-refractivity contribution in [3.05, 3.63) is 215 Å². The van der Waals surface area contributed by atoms with Gasteiger partial charge in [-0.1, -0.05) is 133 Å². The number of pyridine rings is 1. The molecule has 0 saturated carbocycles. The molecule has 5 heterocycles. The van der Waals surface area contributed by atoms with Crippen molar-refractivity contribution in [3.8, 4) is 62.5 Å². The van der Waals surface area contributed by atoms with Crippen LogP contribution < -0.4 is 10.3 Å². The number of aromatic nitrogens is 4. The Hall–Kier alpha value is -7.90. The Kier molecular flexibility index (Phi) is 6.86. The number of hydrogen-bond donors (Lipinski definition) is 0. The van der Waals surface area contributed by atoms with Gasteiger partial charge in [-0.15, -0.1) is 0 Å². The number of para-hydroxylation sites is 2. The summed E-state index contributed by atoms with van der Waals surface area (Å²) in [6.07, 6.45) is 1.60. The number of ether oxygens (including phenoxy) is 1. The van der Waals surface area contributed by atoms with Crippen molar-refractivity contribution in [2.75, 3.05) is 0 Å². The molecular formula is C51H30N4O3. The SMILES string of the molecule is O=c1c2occc2c2cccc3c2n1-c1ccccc1C31c2cc(-c3ccccc3)ccc2Oc2ccc(-c3nc(-c4ccccc4)nc(-c4ccccc4)n3)cc21. The van der Waals surface area contributed by atoms with Gasteiger partial charge in [-0.3, -0.25) is 9.36 Å². The molecule has 1 spiro atoms. The highest BCUT2D eigenvalue weighted by Gasteiger charge is 2.50. The van der Waals surface area contributed by atoms with Crippen LogP contribution in [0.4, 0.5) is 0 Å². The minimum atomic E-state index is -0.943. The molecule has 1 unspecified atom stereocenters. The van der Waals surface area contributed by atoms with Gasteiger partial charge in [0.1, 0.15) is 11.5 Å². The third-order valence-corrected chi connectivity index (χ3v) is 11.6. The summed E-state index contributed by atoms with van der Waals surface area (Å²) in [5, 5.41) is 1.70. The van der Waals surface area contributed by atoms with Gasteiger partial charge < -0.3 is 9.15 Å². The summed E-state index contributed by atoms with van der Waals surface area (Å²) in [6, 6.07) is 59.5. The lowest BCUT2D eigenvalue weighted by molar-refractivity contribution is 0.434. The zero-order chi connectivity index (χ0) is 38.4. The van der Waals surface area contributed by atoms with E-state index in [0.717, 1.165) is 77.8 Å². The van der Waals surface area contributed by atoms with Crippen LogP contribution in [0.2, 0.25) is 0 Å². The van der Waals surface area contributed by atoms with E-state index in [1.54, 1.807) is 6.26 Å². The predicted octanol–water partition coefficient (Wildman–Crippen LogP) is 11.4. The van der Waals surface area contributed by atoms with Gasteiger partial charge in [0.25, 0.3) is 5.56 Å². The van der Waals surface area contributed by atoms with Crippen molar-refractivity contribution in [2.24, 2.45) is 0 Å². The van der Waals surface area contributed by atoms with Crippen LogP contribution in [0, 0.1) is 0 Å². The van der Waals surface area contributed by atoms with E-state index in [1.165, 1.54) is 0 Å². The monoisotopic (exact) mass is 746 g/mol. The number of furan rings is 1. The minimum Gasteiger partial charge on any atom is -0.458 e. The number of fused-ring (bicyclic) bond motifs is 10. The zero-order valence-electron chi connectivity index (χ0n) is 30.8. The highest BCUT2D eigenvalue weighted by Crippen LogP contribution is 2.60. The molecule has 3 aromatic heterocycles. The minimum absolute atomic E-state index is 0.200. The third kappa shape index (κ3) is 4.55. The van der Waals surface area contributed by atoms with Crippen LogP contribution in [-0.2, 0) is 5.41 Å². The Bertz CT molecular complexity index is 3280. The summed E-state index contributed by atoms with van der Waals surface area (Å²) in [4.78, 5) is 29.7. The van der Waals surface area contributed by atoms with Crippen molar-refractivity contribution in [3.63, 3.8) is 0 Å². The van der Waals surface area contributed by atoms with E-state index in [0.29, 0.717) is 28.8 Å². The fourth-order valence-corrected chi connectivity index (χ4v) is 9.11. The predicted molar refractivity (Wildman–Crippen MR) is 226 cm³/mol. The summed E-state index contributed by atoms with van der Waals surface area (Å²) in [7, 11) is 0. The first kappa shape index (κ1) is 32.4. The van der Waals surface area contributed by atoms with Gasteiger partial charge in [0, 0.05) is 38.6 Å². The molecule has 7 nitrogen and oxygen atoms in total. The van der Waals surface area contributed by atoms with Crippen LogP contribution in [0.5, 0.6) is 11.5 Å². The van der Waals surface area contributed by atoms with Gasteiger partial charge in [-0.2, -0.15) is 0 Å². The molecule has 0 bridgehead atoms. The quantitative estimate of drug-likeness (QED) is 0.178. The fraction of sp³-hybridized carbons (Fsp3) is 0.0196. The van der Waals surface area contributed by atoms with E-state index >= 15 is 0 Å². The number of benzene rings is 7. The Morgan fingerprint density at radius 2 is 1.00 bits per heavy atom. The van der Waals surface area contributed by atoms with Crippen LogP contribution in [0.25, 0.3) is 72.9 Å². The summed E-state index contributed by atoms with van der Waals surface area (Å²) < 4.78 is 14.6. The Morgan fingerprint density at radius 3 is 1.67 bits per heavy atom. The second-order valence-electron chi connectivity index (χ2n) is 14.7. The van der Waals surface area contributed by atoms with Gasteiger partial charge >= 0.3 is 0 Å². The molecular weight excluding hydrogens is 717 g/mol. The zero-order valence-corrected chi connectivity index (χ0v) is 30.8. The molecule has 0 aliphatic carbocycles. The average molecular weight is 747 g/mol. The Morgan fingerprint density at radius 1 is 0.448 bits per heavy atom. The Balaban J connectivity index is 1.20. The molecule has 0 radical (unpaired) electrons. The van der Waals surface area contributed by atoms with Gasteiger partial charge in [-0.05, 0) is 64.7 Å². The van der Waals surface area contributed by atoms with Gasteiger partial charge in [0.15, 0.2) is 23.1 Å². The first-order chi connectivity index (χ1) is 28.7. The van der Waals surface area contributed by atoms with E-state index in [9.17, 15) is 4.79 Å². The summed E-state index contributed by atoms with van der Waals surface area (Å²) in [6.45, 7) is 0. The van der Waals surface area contributed by atoms with Crippen LogP contribution in [0.1, 0.15) is 22.3 Å². The van der Waals surface area contributed by atoms with Crippen molar-refractivity contribution in [1.82, 2.24) is 19.5 Å². The normalized spacial score (nSPS) is 14.8. The molecule has 7 heteroatoms. The lowest BCUT2D eigenvalue weighted by Gasteiger charge is -2.45. The highest BCUT2D eigenvalue weighted by molar-refractivity contribution is 6.07. The van der Waals surface area contributed by atoms with Crippen LogP contribution in [0.3, 0.4) is 0 Å². The molecule has 7 aromatic carbocycles. The molecule has 0 fully saturated rings. The average Bonchev–Trinajstić information content (AvgIpc) is 3.80. The maximum Gasteiger partial charge on any atom is 0.299 e. The first-order valence-corrected chi connectivity index (χ1v) is 19.2. The topological polar surface area (TPSA) is 83.0 Å². The van der Waals surface area contributed by atoms with Crippen molar-refractivity contribution in [2.45, 2.75) is 5.41 Å². The summed E-state index contributed by atoms with van der Waals surface area (Å²) in [5.74, 6) is 3.14. The van der Waals surface area contributed by atoms with E-state index in [-0.39, 0.29) is 5.56 Å². The molecule has 58 heavy (non-hydrogen) atoms. The van der Waals surface area contributed by atoms with E-state index in [2.05, 4.69) is 72.8 Å². The van der Waals surface area contributed by atoms with Gasteiger partial charge in [0.2, 0.25) is 0 Å². The largest absolute Gasteiger partial charge is 0.458 e. The lowest BCUT2D eigenvalue weighted by atomic mass is 9.61. The number of hydrogen-bond acceptors (Lipinski definition) is 6. The molecule has 0 amide bonds. The molecule has 0 N–H and O–H groups in total. The molecule has 0 saturated heterocycles. The van der Waals surface area contributed by atoms with E-state index in [1.807, 2.05) is 108 Å². The molecule has 1 atom stereocenters. The maximum atomic E-state index is 14.5. The van der Waals surface area contributed by atoms with Crippen LogP contribution in [-0.4, -0.2) is 19.5 Å². The molecule has 272 valence electrons. The summed E-state index contributed by atoms with van der Waals surface area (Å²) in [5.41, 5.74) is 9.31. The second-order valence-corrected chi connectivity index (χ2v) is 14.7. The molecule has 2 aliphatic rings. The van der Waals surface area contributed by atoms with Gasteiger partial charge in [0.05, 0.1) is 22.9 Å². The van der Waals surface area contributed by atoms with Crippen molar-refractivity contribution < 1.29 is 9.15 Å². The fourth-order valence-electron chi connectivity index (χ4n) is 9.11. The molecule has 12 rings (SSSR count). The number of rotatable bonds is 4.